The molecule has 27 heavy (non-hydrogen) atoms. The van der Waals surface area contributed by atoms with Gasteiger partial charge in [0.25, 0.3) is 5.91 Å². The summed E-state index contributed by atoms with van der Waals surface area (Å²) in [6.07, 6.45) is 1.15. The van der Waals surface area contributed by atoms with Crippen molar-refractivity contribution in [3.8, 4) is 5.75 Å². The van der Waals surface area contributed by atoms with E-state index in [9.17, 15) is 18.4 Å². The van der Waals surface area contributed by atoms with Gasteiger partial charge < -0.3 is 14.5 Å². The summed E-state index contributed by atoms with van der Waals surface area (Å²) in [6, 6.07) is 4.56. The van der Waals surface area contributed by atoms with E-state index in [0.717, 1.165) is 43.0 Å². The zero-order valence-corrected chi connectivity index (χ0v) is 15.2. The third-order valence-corrected chi connectivity index (χ3v) is 4.86. The van der Waals surface area contributed by atoms with Crippen LogP contribution in [0.2, 0.25) is 0 Å². The van der Waals surface area contributed by atoms with Crippen molar-refractivity contribution in [2.24, 2.45) is 0 Å². The highest BCUT2D eigenvalue weighted by molar-refractivity contribution is 7.99. The van der Waals surface area contributed by atoms with Crippen LogP contribution in [0.4, 0.5) is 14.5 Å². The Balaban J connectivity index is 1.56. The molecule has 0 atom stereocenters. The Morgan fingerprint density at radius 1 is 1.26 bits per heavy atom. The lowest BCUT2D eigenvalue weighted by atomic mass is 10.3. The predicted octanol–water partition coefficient (Wildman–Crippen LogP) is 2.48. The monoisotopic (exact) mass is 396 g/mol. The van der Waals surface area contributed by atoms with Crippen LogP contribution < -0.4 is 15.5 Å². The van der Waals surface area contributed by atoms with Gasteiger partial charge in [0.2, 0.25) is 11.2 Å². The molecule has 1 aliphatic rings. The molecule has 144 valence electrons. The van der Waals surface area contributed by atoms with E-state index in [1.165, 1.54) is 12.1 Å². The first-order valence-corrected chi connectivity index (χ1v) is 9.47. The molecule has 1 aliphatic heterocycles. The second kappa shape index (κ2) is 9.01. The zero-order valence-electron chi connectivity index (χ0n) is 14.4. The maximum atomic E-state index is 13.5. The molecule has 3 rings (SSSR count). The topological polar surface area (TPSA) is 71.8 Å². The predicted molar refractivity (Wildman–Crippen MR) is 98.1 cm³/mol. The smallest absolute Gasteiger partial charge is 0.262 e. The molecule has 0 radical (unpaired) electrons. The molecule has 2 heterocycles. The van der Waals surface area contributed by atoms with Crippen molar-refractivity contribution in [1.82, 2.24) is 4.90 Å². The molecular weight excluding hydrogens is 378 g/mol. The molecule has 1 amide bonds. The number of thioether (sulfide) groups is 1. The fourth-order valence-corrected chi connectivity index (χ4v) is 3.52. The van der Waals surface area contributed by atoms with E-state index in [-0.39, 0.29) is 5.75 Å². The minimum absolute atomic E-state index is 0.142. The van der Waals surface area contributed by atoms with Gasteiger partial charge in [0.05, 0.1) is 6.54 Å². The van der Waals surface area contributed by atoms with Crippen molar-refractivity contribution in [1.29, 1.82) is 0 Å². The number of carbonyl (C=O) groups excluding carboxylic acids is 1. The summed E-state index contributed by atoms with van der Waals surface area (Å²) in [6.45, 7) is 1.81. The van der Waals surface area contributed by atoms with E-state index < -0.39 is 35.3 Å². The van der Waals surface area contributed by atoms with Crippen LogP contribution in [0.5, 0.6) is 5.75 Å². The van der Waals surface area contributed by atoms with E-state index in [0.29, 0.717) is 12.3 Å². The maximum absolute atomic E-state index is 13.5. The lowest BCUT2D eigenvalue weighted by molar-refractivity contribution is -0.118. The van der Waals surface area contributed by atoms with Crippen LogP contribution in [0, 0.1) is 11.6 Å². The average molecular weight is 396 g/mol. The summed E-state index contributed by atoms with van der Waals surface area (Å²) in [5, 5.41) is 2.08. The second-order valence-corrected chi connectivity index (χ2v) is 7.12. The van der Waals surface area contributed by atoms with Gasteiger partial charge in [-0.25, -0.2) is 8.78 Å². The van der Waals surface area contributed by atoms with Crippen LogP contribution in [0.1, 0.15) is 5.76 Å². The average Bonchev–Trinajstić information content (AvgIpc) is 2.65. The Bertz CT molecular complexity index is 848. The van der Waals surface area contributed by atoms with Gasteiger partial charge in [-0.2, -0.15) is 11.8 Å². The van der Waals surface area contributed by atoms with Crippen LogP contribution in [0.15, 0.2) is 39.7 Å². The van der Waals surface area contributed by atoms with Gasteiger partial charge >= 0.3 is 0 Å². The normalized spacial score (nSPS) is 14.7. The third-order valence-electron chi connectivity index (χ3n) is 3.92. The molecule has 1 N–H and O–H groups in total. The van der Waals surface area contributed by atoms with Crippen molar-refractivity contribution >= 4 is 23.4 Å². The molecule has 1 aromatic carbocycles. The quantitative estimate of drug-likeness (QED) is 0.809. The number of anilines is 1. The Hall–Kier alpha value is -2.39. The minimum atomic E-state index is -0.900. The molecule has 1 aromatic heterocycles. The fourth-order valence-electron chi connectivity index (χ4n) is 2.54. The van der Waals surface area contributed by atoms with E-state index in [2.05, 4.69) is 10.2 Å². The molecule has 2 aromatic rings. The molecular formula is C18H18F2N2O4S. The maximum Gasteiger partial charge on any atom is 0.262 e. The summed E-state index contributed by atoms with van der Waals surface area (Å²) in [5.41, 5.74) is -0.985. The molecule has 0 bridgehead atoms. The number of ether oxygens (including phenoxy) is 1. The summed E-state index contributed by atoms with van der Waals surface area (Å²) in [4.78, 5) is 26.1. The van der Waals surface area contributed by atoms with Crippen molar-refractivity contribution in [2.75, 3.05) is 36.5 Å². The van der Waals surface area contributed by atoms with Crippen LogP contribution in [0.3, 0.4) is 0 Å². The van der Waals surface area contributed by atoms with Gasteiger partial charge in [0.15, 0.2) is 6.61 Å². The number of amides is 1. The largest absolute Gasteiger partial charge is 0.477 e. The Morgan fingerprint density at radius 2 is 1.96 bits per heavy atom. The summed E-state index contributed by atoms with van der Waals surface area (Å²) in [5.74, 6) is -0.138. The van der Waals surface area contributed by atoms with E-state index >= 15 is 0 Å². The molecule has 6 nitrogen and oxygen atoms in total. The molecule has 9 heteroatoms. The molecule has 0 unspecified atom stereocenters. The molecule has 0 aliphatic carbocycles. The van der Waals surface area contributed by atoms with Gasteiger partial charge in [-0.3, -0.25) is 14.5 Å². The van der Waals surface area contributed by atoms with E-state index in [1.807, 2.05) is 11.8 Å². The van der Waals surface area contributed by atoms with Crippen LogP contribution in [0.25, 0.3) is 0 Å². The van der Waals surface area contributed by atoms with Crippen molar-refractivity contribution in [3.63, 3.8) is 0 Å². The number of hydrogen-bond donors (Lipinski definition) is 1. The van der Waals surface area contributed by atoms with Crippen molar-refractivity contribution in [2.45, 2.75) is 6.54 Å². The zero-order chi connectivity index (χ0) is 19.2. The van der Waals surface area contributed by atoms with Gasteiger partial charge in [0.1, 0.15) is 29.3 Å². The standard InChI is InChI=1S/C18H18F2N2O4S/c19-13-2-1-3-14(20)18(13)21-17(24)11-26-16-10-25-12(8-15(16)23)9-22-4-6-27-7-5-22/h1-3,8,10H,4-7,9,11H2,(H,21,24). The Labute approximate surface area is 158 Å². The molecule has 0 spiro atoms. The number of halogens is 2. The van der Waals surface area contributed by atoms with Crippen LogP contribution in [-0.2, 0) is 11.3 Å². The van der Waals surface area contributed by atoms with Gasteiger partial charge in [-0.15, -0.1) is 0 Å². The Kier molecular flexibility index (Phi) is 6.46. The van der Waals surface area contributed by atoms with E-state index in [4.69, 9.17) is 9.15 Å². The lowest BCUT2D eigenvalue weighted by Crippen LogP contribution is -2.32. The number of nitrogens with zero attached hydrogens (tertiary/aromatic N) is 1. The van der Waals surface area contributed by atoms with Crippen molar-refractivity contribution in [3.05, 3.63) is 58.1 Å². The summed E-state index contributed by atoms with van der Waals surface area (Å²) in [7, 11) is 0. The minimum Gasteiger partial charge on any atom is -0.477 e. The van der Waals surface area contributed by atoms with Crippen LogP contribution in [-0.4, -0.2) is 42.0 Å². The number of hydrogen-bond acceptors (Lipinski definition) is 6. The summed E-state index contributed by atoms with van der Waals surface area (Å²) < 4.78 is 37.5. The van der Waals surface area contributed by atoms with E-state index in [1.54, 1.807) is 0 Å². The summed E-state index contributed by atoms with van der Waals surface area (Å²) >= 11 is 1.89. The first kappa shape index (κ1) is 19.4. The highest BCUT2D eigenvalue weighted by Gasteiger charge is 2.15. The highest BCUT2D eigenvalue weighted by Crippen LogP contribution is 2.18. The SMILES string of the molecule is O=C(COc1coc(CN2CCSCC2)cc1=O)Nc1c(F)cccc1F. The Morgan fingerprint density at radius 3 is 2.63 bits per heavy atom. The third kappa shape index (κ3) is 5.30. The second-order valence-electron chi connectivity index (χ2n) is 5.90. The lowest BCUT2D eigenvalue weighted by Gasteiger charge is -2.25. The molecule has 0 saturated carbocycles. The highest BCUT2D eigenvalue weighted by atomic mass is 32.2. The first-order valence-electron chi connectivity index (χ1n) is 8.31. The number of nitrogens with one attached hydrogen (secondary N) is 1. The van der Waals surface area contributed by atoms with Gasteiger partial charge in [-0.1, -0.05) is 6.07 Å². The number of carbonyl (C=O) groups is 1. The number of para-hydroxylation sites is 1. The van der Waals surface area contributed by atoms with Crippen LogP contribution >= 0.6 is 11.8 Å². The molecule has 1 saturated heterocycles. The van der Waals surface area contributed by atoms with Gasteiger partial charge in [0, 0.05) is 30.7 Å². The number of benzene rings is 1. The fraction of sp³-hybridized carbons (Fsp3) is 0.333. The number of rotatable bonds is 6. The first-order chi connectivity index (χ1) is 13.0. The van der Waals surface area contributed by atoms with Crippen molar-refractivity contribution < 1.29 is 22.7 Å². The molecule has 1 fully saturated rings. The van der Waals surface area contributed by atoms with Gasteiger partial charge in [-0.05, 0) is 12.1 Å².